The van der Waals surface area contributed by atoms with Crippen LogP contribution in [0.2, 0.25) is 5.02 Å². The molecule has 0 saturated carbocycles. The zero-order chi connectivity index (χ0) is 18.1. The average molecular weight is 368 g/mol. The molecule has 0 bridgehead atoms. The maximum atomic E-state index is 12.8. The van der Waals surface area contributed by atoms with Crippen molar-refractivity contribution in [3.63, 3.8) is 0 Å². The largest absolute Gasteiger partial charge is 0.460 e. The number of aromatic nitrogens is 2. The summed E-state index contributed by atoms with van der Waals surface area (Å²) in [6, 6.07) is 9.09. The average Bonchev–Trinajstić information content (AvgIpc) is 3.16. The fourth-order valence-electron chi connectivity index (χ4n) is 3.08. The molecule has 1 saturated heterocycles. The van der Waals surface area contributed by atoms with Gasteiger partial charge in [0.05, 0.1) is 17.9 Å². The summed E-state index contributed by atoms with van der Waals surface area (Å²) in [4.78, 5) is 24.8. The van der Waals surface area contributed by atoms with Gasteiger partial charge in [0.2, 0.25) is 0 Å². The first kappa shape index (κ1) is 16.4. The molecular weight excluding hydrogens is 354 g/mol. The fraction of sp³-hybridized carbons (Fsp3) is 0.222. The predicted octanol–water partition coefficient (Wildman–Crippen LogP) is 2.71. The van der Waals surface area contributed by atoms with Crippen LogP contribution in [0.5, 0.6) is 0 Å². The van der Waals surface area contributed by atoms with Crippen molar-refractivity contribution in [3.8, 4) is 6.07 Å². The summed E-state index contributed by atoms with van der Waals surface area (Å²) < 4.78 is 5.36. The van der Waals surface area contributed by atoms with Crippen LogP contribution >= 0.6 is 11.6 Å². The molecule has 0 N–H and O–H groups in total. The first-order valence-corrected chi connectivity index (χ1v) is 8.46. The Hall–Kier alpha value is -3.11. The van der Waals surface area contributed by atoms with Crippen LogP contribution in [-0.4, -0.2) is 47.0 Å². The molecule has 1 aliphatic heterocycles. The van der Waals surface area contributed by atoms with E-state index in [2.05, 4.69) is 20.9 Å². The van der Waals surface area contributed by atoms with Gasteiger partial charge in [0.25, 0.3) is 5.91 Å². The number of carbonyl (C=O) groups excluding carboxylic acids is 1. The number of furan rings is 1. The van der Waals surface area contributed by atoms with E-state index in [-0.39, 0.29) is 11.6 Å². The van der Waals surface area contributed by atoms with Gasteiger partial charge in [-0.05, 0) is 18.2 Å². The number of hydrogen-bond acceptors (Lipinski definition) is 6. The van der Waals surface area contributed by atoms with Crippen LogP contribution < -0.4 is 4.90 Å². The summed E-state index contributed by atoms with van der Waals surface area (Å²) in [6.07, 6.45) is 2.87. The molecule has 8 heteroatoms. The molecular formula is C18H14ClN5O2. The molecule has 7 nitrogen and oxygen atoms in total. The minimum atomic E-state index is -0.171. The van der Waals surface area contributed by atoms with Crippen molar-refractivity contribution in [3.05, 3.63) is 53.1 Å². The fourth-order valence-corrected chi connectivity index (χ4v) is 3.31. The Balaban J connectivity index is 1.50. The van der Waals surface area contributed by atoms with Crippen molar-refractivity contribution < 1.29 is 9.21 Å². The number of nitrogens with zero attached hydrogens (tertiary/aromatic N) is 5. The molecule has 3 heterocycles. The van der Waals surface area contributed by atoms with E-state index < -0.39 is 0 Å². The lowest BCUT2D eigenvalue weighted by Gasteiger charge is -2.36. The highest BCUT2D eigenvalue weighted by Crippen LogP contribution is 2.24. The quantitative estimate of drug-likeness (QED) is 0.692. The van der Waals surface area contributed by atoms with Gasteiger partial charge in [-0.3, -0.25) is 4.79 Å². The Bertz CT molecular complexity index is 1020. The van der Waals surface area contributed by atoms with Crippen molar-refractivity contribution in [1.82, 2.24) is 14.9 Å². The van der Waals surface area contributed by atoms with Crippen molar-refractivity contribution in [2.75, 3.05) is 31.1 Å². The van der Waals surface area contributed by atoms with Gasteiger partial charge >= 0.3 is 0 Å². The summed E-state index contributed by atoms with van der Waals surface area (Å²) in [6.45, 7) is 2.37. The lowest BCUT2D eigenvalue weighted by molar-refractivity contribution is 0.0741. The molecule has 3 aromatic rings. The topological polar surface area (TPSA) is 86.3 Å². The molecule has 2 aromatic heterocycles. The van der Waals surface area contributed by atoms with Crippen molar-refractivity contribution in [2.45, 2.75) is 0 Å². The molecule has 1 fully saturated rings. The number of piperazine rings is 1. The molecule has 0 atom stereocenters. The maximum Gasteiger partial charge on any atom is 0.276 e. The summed E-state index contributed by atoms with van der Waals surface area (Å²) >= 11 is 6.08. The molecule has 0 unspecified atom stereocenters. The minimum absolute atomic E-state index is 0.171. The Morgan fingerprint density at radius 2 is 2.00 bits per heavy atom. The molecule has 1 amide bonds. The van der Waals surface area contributed by atoms with Crippen LogP contribution in [0.25, 0.3) is 11.1 Å². The summed E-state index contributed by atoms with van der Waals surface area (Å²) in [5.74, 6) is -0.171. The van der Waals surface area contributed by atoms with E-state index in [1.54, 1.807) is 23.1 Å². The first-order valence-electron chi connectivity index (χ1n) is 8.09. The number of amides is 1. The van der Waals surface area contributed by atoms with Crippen LogP contribution in [0.3, 0.4) is 0 Å². The summed E-state index contributed by atoms with van der Waals surface area (Å²) in [5, 5.41) is 9.62. The van der Waals surface area contributed by atoms with E-state index in [4.69, 9.17) is 21.3 Å². The van der Waals surface area contributed by atoms with Gasteiger partial charge in [-0.25, -0.2) is 9.97 Å². The molecule has 1 aliphatic rings. The number of halogens is 1. The van der Waals surface area contributed by atoms with E-state index in [0.29, 0.717) is 47.9 Å². The highest BCUT2D eigenvalue weighted by atomic mass is 35.5. The molecule has 130 valence electrons. The van der Waals surface area contributed by atoms with Gasteiger partial charge in [0.15, 0.2) is 11.3 Å². The number of nitriles is 1. The predicted molar refractivity (Wildman–Crippen MR) is 96.1 cm³/mol. The van der Waals surface area contributed by atoms with Crippen LogP contribution in [-0.2, 0) is 0 Å². The molecule has 4 rings (SSSR count). The smallest absolute Gasteiger partial charge is 0.276 e. The van der Waals surface area contributed by atoms with E-state index in [9.17, 15) is 4.79 Å². The normalized spacial score (nSPS) is 14.5. The molecule has 0 spiro atoms. The molecule has 0 radical (unpaired) electrons. The molecule has 26 heavy (non-hydrogen) atoms. The number of fused-ring (bicyclic) bond motifs is 1. The van der Waals surface area contributed by atoms with Crippen LogP contribution in [0.4, 0.5) is 5.69 Å². The maximum absolute atomic E-state index is 12.8. The number of rotatable bonds is 2. The van der Waals surface area contributed by atoms with Crippen molar-refractivity contribution in [2.24, 2.45) is 0 Å². The monoisotopic (exact) mass is 367 g/mol. The van der Waals surface area contributed by atoms with Gasteiger partial charge in [-0.15, -0.1) is 0 Å². The van der Waals surface area contributed by atoms with Gasteiger partial charge in [-0.1, -0.05) is 11.6 Å². The Labute approximate surface area is 154 Å². The van der Waals surface area contributed by atoms with E-state index in [0.717, 1.165) is 5.69 Å². The van der Waals surface area contributed by atoms with Gasteiger partial charge in [-0.2, -0.15) is 5.26 Å². The molecule has 0 aliphatic carbocycles. The van der Waals surface area contributed by atoms with E-state index in [1.807, 2.05) is 6.07 Å². The highest BCUT2D eigenvalue weighted by molar-refractivity contribution is 6.31. The van der Waals surface area contributed by atoms with Crippen LogP contribution in [0.1, 0.15) is 16.1 Å². The number of carbonyl (C=O) groups is 1. The second-order valence-corrected chi connectivity index (χ2v) is 6.38. The Kier molecular flexibility index (Phi) is 4.19. The third-order valence-electron chi connectivity index (χ3n) is 4.39. The van der Waals surface area contributed by atoms with Gasteiger partial charge in [0.1, 0.15) is 11.8 Å². The lowest BCUT2D eigenvalue weighted by Crippen LogP contribution is -2.49. The minimum Gasteiger partial charge on any atom is -0.460 e. The second kappa shape index (κ2) is 6.65. The SMILES string of the molecule is N#Cc1cc(Cl)cc(N2CCN(C(=O)c3ncnc4ccoc34)CC2)c1. The number of anilines is 1. The Morgan fingerprint density at radius 1 is 1.19 bits per heavy atom. The zero-order valence-electron chi connectivity index (χ0n) is 13.7. The highest BCUT2D eigenvalue weighted by Gasteiger charge is 2.26. The number of benzene rings is 1. The third kappa shape index (κ3) is 2.95. The number of hydrogen-bond donors (Lipinski definition) is 0. The van der Waals surface area contributed by atoms with Crippen LogP contribution in [0, 0.1) is 11.3 Å². The lowest BCUT2D eigenvalue weighted by atomic mass is 10.1. The summed E-state index contributed by atoms with van der Waals surface area (Å²) in [5.41, 5.74) is 2.71. The Morgan fingerprint density at radius 3 is 2.77 bits per heavy atom. The second-order valence-electron chi connectivity index (χ2n) is 5.95. The third-order valence-corrected chi connectivity index (χ3v) is 4.61. The van der Waals surface area contributed by atoms with Crippen molar-refractivity contribution >= 4 is 34.3 Å². The van der Waals surface area contributed by atoms with Crippen LogP contribution in [0.15, 0.2) is 41.3 Å². The van der Waals surface area contributed by atoms with Gasteiger partial charge in [0, 0.05) is 43.0 Å². The standard InChI is InChI=1S/C18H14ClN5O2/c19-13-7-12(10-20)8-14(9-13)23-2-4-24(5-3-23)18(25)16-17-15(1-6-26-17)21-11-22-16/h1,6-9,11H,2-5H2. The molecule has 1 aromatic carbocycles. The summed E-state index contributed by atoms with van der Waals surface area (Å²) in [7, 11) is 0. The van der Waals surface area contributed by atoms with Crippen molar-refractivity contribution in [1.29, 1.82) is 5.26 Å². The zero-order valence-corrected chi connectivity index (χ0v) is 14.5. The van der Waals surface area contributed by atoms with E-state index in [1.165, 1.54) is 12.6 Å². The van der Waals surface area contributed by atoms with E-state index >= 15 is 0 Å². The first-order chi connectivity index (χ1) is 12.7. The van der Waals surface area contributed by atoms with Gasteiger partial charge < -0.3 is 14.2 Å².